The van der Waals surface area contributed by atoms with Crippen molar-refractivity contribution in [3.63, 3.8) is 0 Å². The van der Waals surface area contributed by atoms with Gasteiger partial charge >= 0.3 is 0 Å². The molecular weight excluding hydrogens is 407 g/mol. The first-order valence-corrected chi connectivity index (χ1v) is 10.1. The highest BCUT2D eigenvalue weighted by molar-refractivity contribution is 7.20. The molecule has 3 aromatic rings. The molecule has 0 aliphatic carbocycles. The van der Waals surface area contributed by atoms with E-state index in [-0.39, 0.29) is 11.9 Å². The van der Waals surface area contributed by atoms with Gasteiger partial charge in [0.2, 0.25) is 5.95 Å². The van der Waals surface area contributed by atoms with Gasteiger partial charge in [-0.15, -0.1) is 11.3 Å². The quantitative estimate of drug-likeness (QED) is 0.652. The Kier molecular flexibility index (Phi) is 4.84. The van der Waals surface area contributed by atoms with Crippen LogP contribution in [0.25, 0.3) is 21.5 Å². The van der Waals surface area contributed by atoms with Crippen LogP contribution in [0.1, 0.15) is 28.6 Å². The van der Waals surface area contributed by atoms with Gasteiger partial charge in [-0.1, -0.05) is 30.1 Å². The molecule has 3 heterocycles. The lowest BCUT2D eigenvalue weighted by molar-refractivity contribution is 0.0958. The van der Waals surface area contributed by atoms with Crippen molar-refractivity contribution in [2.45, 2.75) is 19.8 Å². The van der Waals surface area contributed by atoms with Gasteiger partial charge in [-0.05, 0) is 18.6 Å². The number of thiophene rings is 1. The first-order valence-electron chi connectivity index (χ1n) is 8.49. The number of aromatic nitrogens is 2. The molecule has 9 heteroatoms. The second kappa shape index (κ2) is 7.14. The maximum absolute atomic E-state index is 12.4. The standard InChI is InChI=1S/C18H16Cl2N4O2S/c1-2-4-22-16(25)12-6-9-14(23-18(21)24-17(9)27-12)13-8-3-5-26-15(8)11(20)7-10(13)19/h6-7H,2-5H2,1H3,(H,22,25)(H2,21,23,24). The molecule has 1 aliphatic rings. The van der Waals surface area contributed by atoms with E-state index < -0.39 is 0 Å². The molecule has 0 saturated carbocycles. The Balaban J connectivity index is 1.92. The number of carbonyl (C=O) groups excluding carboxylic acids is 1. The van der Waals surface area contributed by atoms with E-state index >= 15 is 0 Å². The van der Waals surface area contributed by atoms with Gasteiger partial charge in [0.05, 0.1) is 27.2 Å². The summed E-state index contributed by atoms with van der Waals surface area (Å²) in [5, 5.41) is 4.54. The van der Waals surface area contributed by atoms with E-state index in [2.05, 4.69) is 15.3 Å². The predicted molar refractivity (Wildman–Crippen MR) is 109 cm³/mol. The summed E-state index contributed by atoms with van der Waals surface area (Å²) in [5.41, 5.74) is 8.15. The highest BCUT2D eigenvalue weighted by atomic mass is 35.5. The smallest absolute Gasteiger partial charge is 0.261 e. The van der Waals surface area contributed by atoms with Gasteiger partial charge in [0, 0.05) is 29.5 Å². The van der Waals surface area contributed by atoms with Gasteiger partial charge in [0.25, 0.3) is 5.91 Å². The van der Waals surface area contributed by atoms with Gasteiger partial charge in [0.15, 0.2) is 0 Å². The Bertz CT molecular complexity index is 1070. The number of fused-ring (bicyclic) bond motifs is 2. The monoisotopic (exact) mass is 422 g/mol. The van der Waals surface area contributed by atoms with E-state index in [0.29, 0.717) is 50.8 Å². The summed E-state index contributed by atoms with van der Waals surface area (Å²) in [6, 6.07) is 3.43. The molecule has 4 rings (SSSR count). The van der Waals surface area contributed by atoms with Crippen LogP contribution >= 0.6 is 34.5 Å². The van der Waals surface area contributed by atoms with Gasteiger partial charge in [-0.25, -0.2) is 9.97 Å². The fraction of sp³-hybridized carbons (Fsp3) is 0.278. The van der Waals surface area contributed by atoms with Crippen molar-refractivity contribution in [3.05, 3.63) is 32.6 Å². The Morgan fingerprint density at radius 2 is 2.15 bits per heavy atom. The summed E-state index contributed by atoms with van der Waals surface area (Å²) in [6.45, 7) is 3.14. The summed E-state index contributed by atoms with van der Waals surface area (Å²) < 4.78 is 5.65. The Hall–Kier alpha value is -2.09. The molecule has 2 aromatic heterocycles. The molecule has 0 atom stereocenters. The first-order chi connectivity index (χ1) is 13.0. The minimum Gasteiger partial charge on any atom is -0.491 e. The van der Waals surface area contributed by atoms with Crippen molar-refractivity contribution in [1.29, 1.82) is 0 Å². The molecule has 1 aliphatic heterocycles. The topological polar surface area (TPSA) is 90.1 Å². The largest absolute Gasteiger partial charge is 0.491 e. The van der Waals surface area contributed by atoms with Crippen LogP contribution in [-0.4, -0.2) is 29.0 Å². The van der Waals surface area contributed by atoms with Crippen molar-refractivity contribution >= 4 is 56.6 Å². The summed E-state index contributed by atoms with van der Waals surface area (Å²) in [4.78, 5) is 22.3. The number of nitrogens with zero attached hydrogens (tertiary/aromatic N) is 2. The molecule has 0 radical (unpaired) electrons. The third kappa shape index (κ3) is 3.20. The fourth-order valence-electron chi connectivity index (χ4n) is 3.12. The minimum absolute atomic E-state index is 0.124. The summed E-state index contributed by atoms with van der Waals surface area (Å²) in [7, 11) is 0. The Labute approximate surface area is 169 Å². The average Bonchev–Trinajstić information content (AvgIpc) is 3.26. The normalized spacial score (nSPS) is 12.9. The lowest BCUT2D eigenvalue weighted by Gasteiger charge is -2.12. The third-order valence-electron chi connectivity index (χ3n) is 4.29. The number of anilines is 1. The van der Waals surface area contributed by atoms with Crippen LogP contribution in [0.4, 0.5) is 5.95 Å². The highest BCUT2D eigenvalue weighted by Gasteiger charge is 2.26. The molecule has 1 amide bonds. The molecule has 0 saturated heterocycles. The number of nitrogen functional groups attached to an aromatic ring is 1. The molecule has 0 spiro atoms. The second-order valence-corrected chi connectivity index (χ2v) is 7.98. The highest BCUT2D eigenvalue weighted by Crippen LogP contribution is 2.46. The van der Waals surface area contributed by atoms with Gasteiger partial charge in [0.1, 0.15) is 10.6 Å². The number of hydrogen-bond acceptors (Lipinski definition) is 6. The van der Waals surface area contributed by atoms with Crippen molar-refractivity contribution in [2.24, 2.45) is 0 Å². The summed E-state index contributed by atoms with van der Waals surface area (Å²) in [6.07, 6.45) is 1.53. The molecule has 1 aromatic carbocycles. The molecule has 6 nitrogen and oxygen atoms in total. The number of amides is 1. The van der Waals surface area contributed by atoms with Crippen LogP contribution in [0, 0.1) is 0 Å². The van der Waals surface area contributed by atoms with E-state index in [4.69, 9.17) is 33.7 Å². The Morgan fingerprint density at radius 3 is 2.93 bits per heavy atom. The number of carbonyl (C=O) groups is 1. The third-order valence-corrected chi connectivity index (χ3v) is 5.90. The molecule has 0 bridgehead atoms. The number of hydrogen-bond donors (Lipinski definition) is 2. The number of ether oxygens (including phenoxy) is 1. The fourth-order valence-corrected chi connectivity index (χ4v) is 4.72. The molecule has 0 fully saturated rings. The van der Waals surface area contributed by atoms with Gasteiger partial charge in [-0.3, -0.25) is 4.79 Å². The van der Waals surface area contributed by atoms with E-state index in [1.165, 1.54) is 11.3 Å². The van der Waals surface area contributed by atoms with Crippen LogP contribution in [0.5, 0.6) is 5.75 Å². The average molecular weight is 423 g/mol. The van der Waals surface area contributed by atoms with Crippen LogP contribution in [0.2, 0.25) is 10.0 Å². The van der Waals surface area contributed by atoms with Gasteiger partial charge < -0.3 is 15.8 Å². The van der Waals surface area contributed by atoms with Crippen LogP contribution < -0.4 is 15.8 Å². The number of halogens is 2. The summed E-state index contributed by atoms with van der Waals surface area (Å²) in [5.74, 6) is 0.608. The molecule has 140 valence electrons. The van der Waals surface area contributed by atoms with Crippen LogP contribution in [0.15, 0.2) is 12.1 Å². The zero-order chi connectivity index (χ0) is 19.1. The summed E-state index contributed by atoms with van der Waals surface area (Å²) >= 11 is 14.1. The van der Waals surface area contributed by atoms with E-state index in [1.807, 2.05) is 6.92 Å². The number of nitrogens with one attached hydrogen (secondary N) is 1. The predicted octanol–water partition coefficient (Wildman–Crippen LogP) is 4.32. The molecular formula is C18H16Cl2N4O2S. The van der Waals surface area contributed by atoms with Crippen molar-refractivity contribution < 1.29 is 9.53 Å². The Morgan fingerprint density at radius 1 is 1.33 bits per heavy atom. The lowest BCUT2D eigenvalue weighted by Crippen LogP contribution is -2.22. The van der Waals surface area contributed by atoms with E-state index in [1.54, 1.807) is 12.1 Å². The zero-order valence-corrected chi connectivity index (χ0v) is 16.8. The maximum Gasteiger partial charge on any atom is 0.261 e. The number of nitrogens with two attached hydrogens (primary N) is 1. The number of rotatable bonds is 4. The SMILES string of the molecule is CCCNC(=O)c1cc2c(-c3c(Cl)cc(Cl)c4c3CCO4)nc(N)nc2s1. The van der Waals surface area contributed by atoms with Gasteiger partial charge in [-0.2, -0.15) is 0 Å². The first kappa shape index (κ1) is 18.3. The van der Waals surface area contributed by atoms with Crippen molar-refractivity contribution in [1.82, 2.24) is 15.3 Å². The maximum atomic E-state index is 12.4. The number of benzene rings is 1. The molecule has 3 N–H and O–H groups in total. The van der Waals surface area contributed by atoms with Crippen molar-refractivity contribution in [2.75, 3.05) is 18.9 Å². The second-order valence-electron chi connectivity index (χ2n) is 6.14. The lowest BCUT2D eigenvalue weighted by atomic mass is 10.00. The zero-order valence-electron chi connectivity index (χ0n) is 14.4. The van der Waals surface area contributed by atoms with E-state index in [0.717, 1.165) is 22.9 Å². The molecule has 27 heavy (non-hydrogen) atoms. The van der Waals surface area contributed by atoms with Crippen LogP contribution in [-0.2, 0) is 6.42 Å². The van der Waals surface area contributed by atoms with Crippen molar-refractivity contribution in [3.8, 4) is 17.0 Å². The minimum atomic E-state index is -0.139. The van der Waals surface area contributed by atoms with Crippen LogP contribution in [0.3, 0.4) is 0 Å². The molecule has 0 unspecified atom stereocenters. The van der Waals surface area contributed by atoms with E-state index in [9.17, 15) is 4.79 Å².